The number of ketones is 1. The van der Waals surface area contributed by atoms with Gasteiger partial charge < -0.3 is 14.6 Å². The average Bonchev–Trinajstić information content (AvgIpc) is 3.62. The average molecular weight is 413 g/mol. The second-order valence-electron chi connectivity index (χ2n) is 12.3. The highest BCUT2D eigenvalue weighted by Gasteiger charge is 2.78. The van der Waals surface area contributed by atoms with Crippen molar-refractivity contribution >= 4 is 5.78 Å². The van der Waals surface area contributed by atoms with Crippen molar-refractivity contribution in [3.63, 3.8) is 0 Å². The number of aliphatic hydroxyl groups is 1. The van der Waals surface area contributed by atoms with Crippen molar-refractivity contribution in [2.45, 2.75) is 77.1 Å². The topological polar surface area (TPSA) is 55.8 Å². The summed E-state index contributed by atoms with van der Waals surface area (Å²) in [4.78, 5) is 12.2. The Morgan fingerprint density at radius 1 is 1.10 bits per heavy atom. The van der Waals surface area contributed by atoms with E-state index in [0.29, 0.717) is 42.7 Å². The van der Waals surface area contributed by atoms with Crippen molar-refractivity contribution in [3.8, 4) is 0 Å². The van der Waals surface area contributed by atoms with Gasteiger partial charge in [0.25, 0.3) is 0 Å². The Bertz CT molecular complexity index is 829. The largest absolute Gasteiger partial charge is 0.389 e. The minimum Gasteiger partial charge on any atom is -0.389 e. The Labute approximate surface area is 179 Å². The van der Waals surface area contributed by atoms with Gasteiger partial charge in [0.15, 0.2) is 12.1 Å². The number of fused-ring (bicyclic) bond motifs is 10. The third-order valence-electron chi connectivity index (χ3n) is 11.4. The van der Waals surface area contributed by atoms with Crippen molar-refractivity contribution < 1.29 is 19.4 Å². The first-order chi connectivity index (χ1) is 14.4. The van der Waals surface area contributed by atoms with E-state index < -0.39 is 5.60 Å². The first kappa shape index (κ1) is 18.8. The van der Waals surface area contributed by atoms with Crippen molar-refractivity contribution in [1.29, 1.82) is 0 Å². The first-order valence-electron chi connectivity index (χ1n) is 12.6. The van der Waals surface area contributed by atoms with Crippen LogP contribution < -0.4 is 0 Å². The lowest BCUT2D eigenvalue weighted by molar-refractivity contribution is -0.162. The molecule has 7 aliphatic rings. The summed E-state index contributed by atoms with van der Waals surface area (Å²) in [6.45, 7) is 6.31. The lowest BCUT2D eigenvalue weighted by Crippen LogP contribution is -2.57. The molecule has 1 aliphatic heterocycles. The molecule has 7 rings (SSSR count). The molecule has 0 aromatic carbocycles. The van der Waals surface area contributed by atoms with E-state index >= 15 is 0 Å². The number of carbonyl (C=O) groups is 1. The zero-order valence-electron chi connectivity index (χ0n) is 18.4. The van der Waals surface area contributed by atoms with Crippen molar-refractivity contribution in [2.24, 2.45) is 52.3 Å². The van der Waals surface area contributed by atoms with Crippen LogP contribution in [0.15, 0.2) is 11.6 Å². The number of hydrogen-bond acceptors (Lipinski definition) is 4. The molecule has 3 unspecified atom stereocenters. The molecule has 1 saturated heterocycles. The summed E-state index contributed by atoms with van der Waals surface area (Å²) in [6.07, 6.45) is 10.3. The van der Waals surface area contributed by atoms with E-state index in [1.165, 1.54) is 24.8 Å². The van der Waals surface area contributed by atoms with Crippen LogP contribution in [0, 0.1) is 52.3 Å². The lowest BCUT2D eigenvalue weighted by Gasteiger charge is -2.60. The summed E-state index contributed by atoms with van der Waals surface area (Å²) < 4.78 is 11.4. The van der Waals surface area contributed by atoms with E-state index in [4.69, 9.17) is 9.47 Å². The minimum atomic E-state index is -0.549. The fourth-order valence-corrected chi connectivity index (χ4v) is 9.89. The monoisotopic (exact) mass is 412 g/mol. The zero-order chi connectivity index (χ0) is 20.5. The summed E-state index contributed by atoms with van der Waals surface area (Å²) in [5.74, 6) is 5.14. The summed E-state index contributed by atoms with van der Waals surface area (Å²) in [7, 11) is 0. The molecule has 1 heterocycles. The van der Waals surface area contributed by atoms with Crippen molar-refractivity contribution in [3.05, 3.63) is 11.6 Å². The van der Waals surface area contributed by atoms with Crippen LogP contribution in [-0.2, 0) is 14.3 Å². The van der Waals surface area contributed by atoms with Gasteiger partial charge in [-0.1, -0.05) is 19.4 Å². The molecule has 6 aliphatic carbocycles. The maximum Gasteiger partial charge on any atom is 0.157 e. The summed E-state index contributed by atoms with van der Waals surface area (Å²) in [5, 5.41) is 12.2. The van der Waals surface area contributed by atoms with Gasteiger partial charge in [0.05, 0.1) is 18.8 Å². The highest BCUT2D eigenvalue weighted by molar-refractivity contribution is 5.92. The third kappa shape index (κ3) is 2.17. The highest BCUT2D eigenvalue weighted by Crippen LogP contribution is 2.81. The predicted octanol–water partition coefficient (Wildman–Crippen LogP) is 4.11. The lowest BCUT2D eigenvalue weighted by atomic mass is 9.45. The molecule has 0 spiro atoms. The van der Waals surface area contributed by atoms with E-state index in [1.807, 2.05) is 0 Å². The predicted molar refractivity (Wildman–Crippen MR) is 111 cm³/mol. The molecule has 10 atom stereocenters. The molecule has 0 bridgehead atoms. The highest BCUT2D eigenvalue weighted by atomic mass is 16.7. The summed E-state index contributed by atoms with van der Waals surface area (Å²) >= 11 is 0. The van der Waals surface area contributed by atoms with Crippen molar-refractivity contribution in [1.82, 2.24) is 0 Å². The van der Waals surface area contributed by atoms with Gasteiger partial charge in [-0.2, -0.15) is 0 Å². The van der Waals surface area contributed by atoms with Crippen LogP contribution in [0.4, 0.5) is 0 Å². The number of carbonyl (C=O) groups excluding carboxylic acids is 1. The second-order valence-corrected chi connectivity index (χ2v) is 12.3. The normalized spacial score (nSPS) is 58.3. The van der Waals surface area contributed by atoms with Gasteiger partial charge in [0.1, 0.15) is 0 Å². The maximum atomic E-state index is 12.2. The SMILES string of the molecule is C[C@]12CCC(=O)C=C1[C@@H]1C[C@@H]1C1C2CC[C@@]2(C)C1[C@@H]1C[C@@H]1[C@@]2(O)CCC1OCCO1. The Balaban J connectivity index is 1.22. The van der Waals surface area contributed by atoms with E-state index in [9.17, 15) is 9.90 Å². The smallest absolute Gasteiger partial charge is 0.157 e. The number of ether oxygens (including phenoxy) is 2. The molecular weight excluding hydrogens is 376 g/mol. The van der Waals surface area contributed by atoms with Gasteiger partial charge >= 0.3 is 0 Å². The van der Waals surface area contributed by atoms with Crippen LogP contribution in [-0.4, -0.2) is 36.0 Å². The standard InChI is InChI=1S/C26H36O4/c1-24-6-3-14(27)11-19(24)15-12-16(15)22-18(24)4-7-25(2)23(22)17-13-20(17)26(25,28)8-5-21-29-9-10-30-21/h11,15-18,20-23,28H,3-10,12-13H2,1-2H3/t15-,16+,17-,18?,20+,22?,23?,24-,25+,26+/m1/s1. The molecular formula is C26H36O4. The Morgan fingerprint density at radius 2 is 1.90 bits per heavy atom. The van der Waals surface area contributed by atoms with Crippen molar-refractivity contribution in [2.75, 3.05) is 13.2 Å². The molecule has 1 N–H and O–H groups in total. The molecule has 0 amide bonds. The molecule has 30 heavy (non-hydrogen) atoms. The fourth-order valence-electron chi connectivity index (χ4n) is 9.89. The Morgan fingerprint density at radius 3 is 2.70 bits per heavy atom. The van der Waals surface area contributed by atoms with E-state index in [2.05, 4.69) is 19.9 Å². The van der Waals surface area contributed by atoms with Crippen LogP contribution >= 0.6 is 0 Å². The maximum absolute atomic E-state index is 12.2. The van der Waals surface area contributed by atoms with Gasteiger partial charge in [-0.3, -0.25) is 4.79 Å². The quantitative estimate of drug-likeness (QED) is 0.758. The van der Waals surface area contributed by atoms with Gasteiger partial charge in [-0.25, -0.2) is 0 Å². The van der Waals surface area contributed by atoms with Crippen LogP contribution in [0.25, 0.3) is 0 Å². The number of rotatable bonds is 3. The van der Waals surface area contributed by atoms with Gasteiger partial charge in [0.2, 0.25) is 0 Å². The molecule has 0 radical (unpaired) electrons. The van der Waals surface area contributed by atoms with Gasteiger partial charge in [-0.05, 0) is 96.9 Å². The van der Waals surface area contributed by atoms with Gasteiger partial charge in [0, 0.05) is 12.8 Å². The minimum absolute atomic E-state index is 0.0373. The molecule has 4 nitrogen and oxygen atoms in total. The van der Waals surface area contributed by atoms with E-state index in [1.54, 1.807) is 0 Å². The summed E-state index contributed by atoms with van der Waals surface area (Å²) in [5.41, 5.74) is 1.24. The Hall–Kier alpha value is -0.710. The second kappa shape index (κ2) is 5.80. The zero-order valence-corrected chi connectivity index (χ0v) is 18.4. The number of allylic oxidation sites excluding steroid dienone is 1. The van der Waals surface area contributed by atoms with Crippen LogP contribution in [0.3, 0.4) is 0 Å². The molecule has 5 saturated carbocycles. The van der Waals surface area contributed by atoms with E-state index in [-0.39, 0.29) is 17.1 Å². The molecule has 0 aromatic rings. The van der Waals surface area contributed by atoms with Crippen LogP contribution in [0.5, 0.6) is 0 Å². The van der Waals surface area contributed by atoms with Gasteiger partial charge in [-0.15, -0.1) is 0 Å². The third-order valence-corrected chi connectivity index (χ3v) is 11.4. The summed E-state index contributed by atoms with van der Waals surface area (Å²) in [6, 6.07) is 0. The van der Waals surface area contributed by atoms with E-state index in [0.717, 1.165) is 49.9 Å². The van der Waals surface area contributed by atoms with Crippen LogP contribution in [0.1, 0.15) is 65.2 Å². The molecule has 6 fully saturated rings. The molecule has 164 valence electrons. The fraction of sp³-hybridized carbons (Fsp3) is 0.885. The Kier molecular flexibility index (Phi) is 3.64. The first-order valence-corrected chi connectivity index (χ1v) is 12.6. The van der Waals surface area contributed by atoms with Crippen LogP contribution in [0.2, 0.25) is 0 Å². The molecule has 4 heteroatoms. The molecule has 0 aromatic heterocycles. The number of hydrogen-bond donors (Lipinski definition) is 1.